The first-order valence-corrected chi connectivity index (χ1v) is 6.13. The van der Waals surface area contributed by atoms with Crippen LogP contribution in [0.25, 0.3) is 0 Å². The molecular weight excluding hydrogens is 232 g/mol. The van der Waals surface area contributed by atoms with Crippen molar-refractivity contribution in [2.75, 3.05) is 26.8 Å². The Bertz CT molecular complexity index is 383. The Kier molecular flexibility index (Phi) is 4.52. The van der Waals surface area contributed by atoms with Crippen LogP contribution in [0.2, 0.25) is 0 Å². The van der Waals surface area contributed by atoms with Crippen molar-refractivity contribution in [1.82, 2.24) is 9.88 Å². The molecule has 0 aliphatic carbocycles. The smallest absolute Gasteiger partial charge is 0.225 e. The van der Waals surface area contributed by atoms with Crippen molar-refractivity contribution in [2.45, 2.75) is 18.9 Å². The highest BCUT2D eigenvalue weighted by Gasteiger charge is 2.27. The summed E-state index contributed by atoms with van der Waals surface area (Å²) >= 11 is 0. The number of rotatable bonds is 5. The van der Waals surface area contributed by atoms with Gasteiger partial charge >= 0.3 is 0 Å². The molecule has 1 fully saturated rings. The predicted molar refractivity (Wildman–Crippen MR) is 66.3 cm³/mol. The zero-order valence-corrected chi connectivity index (χ0v) is 10.5. The number of carbonyl (C=O) groups is 1. The van der Waals surface area contributed by atoms with Crippen molar-refractivity contribution < 1.29 is 14.3 Å². The minimum Gasteiger partial charge on any atom is -0.487 e. The Labute approximate surface area is 107 Å². The molecule has 0 bridgehead atoms. The molecule has 0 saturated carbocycles. The number of hydrogen-bond donors (Lipinski definition) is 0. The van der Waals surface area contributed by atoms with E-state index in [2.05, 4.69) is 4.98 Å². The highest BCUT2D eigenvalue weighted by Crippen LogP contribution is 2.17. The summed E-state index contributed by atoms with van der Waals surface area (Å²) in [5, 5.41) is 0. The maximum Gasteiger partial charge on any atom is 0.225 e. The molecule has 1 aromatic rings. The Morgan fingerprint density at radius 3 is 3.22 bits per heavy atom. The van der Waals surface area contributed by atoms with Crippen LogP contribution < -0.4 is 4.74 Å². The van der Waals surface area contributed by atoms with E-state index in [-0.39, 0.29) is 12.0 Å². The first-order chi connectivity index (χ1) is 8.79. The maximum absolute atomic E-state index is 11.8. The topological polar surface area (TPSA) is 51.7 Å². The van der Waals surface area contributed by atoms with Gasteiger partial charge in [-0.05, 0) is 12.1 Å². The Morgan fingerprint density at radius 2 is 2.50 bits per heavy atom. The molecule has 2 rings (SSSR count). The number of amides is 1. The second-order valence-electron chi connectivity index (χ2n) is 4.30. The van der Waals surface area contributed by atoms with E-state index in [9.17, 15) is 4.79 Å². The lowest BCUT2D eigenvalue weighted by molar-refractivity contribution is -0.131. The number of ether oxygens (including phenoxy) is 2. The molecule has 0 spiro atoms. The SMILES string of the molecule is COCCC(=O)N1CCC(Oc2cccnc2)C1. The summed E-state index contributed by atoms with van der Waals surface area (Å²) in [5.41, 5.74) is 0. The van der Waals surface area contributed by atoms with Crippen LogP contribution in [0.15, 0.2) is 24.5 Å². The molecule has 1 saturated heterocycles. The molecule has 0 N–H and O–H groups in total. The number of aromatic nitrogens is 1. The molecule has 1 aliphatic rings. The lowest BCUT2D eigenvalue weighted by atomic mass is 10.3. The van der Waals surface area contributed by atoms with Crippen LogP contribution in [-0.2, 0) is 9.53 Å². The van der Waals surface area contributed by atoms with E-state index in [0.717, 1.165) is 18.7 Å². The fraction of sp³-hybridized carbons (Fsp3) is 0.538. The lowest BCUT2D eigenvalue weighted by Crippen LogP contribution is -2.31. The summed E-state index contributed by atoms with van der Waals surface area (Å²) in [7, 11) is 1.60. The summed E-state index contributed by atoms with van der Waals surface area (Å²) in [6.07, 6.45) is 4.78. The molecule has 1 atom stereocenters. The van der Waals surface area contributed by atoms with Gasteiger partial charge in [0.05, 0.1) is 25.8 Å². The van der Waals surface area contributed by atoms with E-state index in [1.807, 2.05) is 17.0 Å². The molecule has 5 nitrogen and oxygen atoms in total. The zero-order chi connectivity index (χ0) is 12.8. The van der Waals surface area contributed by atoms with E-state index in [0.29, 0.717) is 19.6 Å². The molecule has 1 amide bonds. The molecule has 18 heavy (non-hydrogen) atoms. The van der Waals surface area contributed by atoms with Gasteiger partial charge in [0.1, 0.15) is 11.9 Å². The average molecular weight is 250 g/mol. The first kappa shape index (κ1) is 12.8. The van der Waals surface area contributed by atoms with E-state index < -0.39 is 0 Å². The van der Waals surface area contributed by atoms with E-state index in [1.54, 1.807) is 19.5 Å². The molecule has 1 aliphatic heterocycles. The summed E-state index contributed by atoms with van der Waals surface area (Å²) in [4.78, 5) is 17.6. The van der Waals surface area contributed by atoms with Gasteiger partial charge in [0.15, 0.2) is 0 Å². The van der Waals surface area contributed by atoms with Gasteiger partial charge in [-0.2, -0.15) is 0 Å². The summed E-state index contributed by atoms with van der Waals surface area (Å²) in [5.74, 6) is 0.892. The fourth-order valence-electron chi connectivity index (χ4n) is 2.01. The second kappa shape index (κ2) is 6.35. The monoisotopic (exact) mass is 250 g/mol. The first-order valence-electron chi connectivity index (χ1n) is 6.13. The van der Waals surface area contributed by atoms with Gasteiger partial charge in [0.2, 0.25) is 5.91 Å². The van der Waals surface area contributed by atoms with Gasteiger partial charge in [-0.25, -0.2) is 0 Å². The van der Waals surface area contributed by atoms with Crippen LogP contribution in [0, 0.1) is 0 Å². The normalized spacial score (nSPS) is 18.9. The van der Waals surface area contributed by atoms with Gasteiger partial charge < -0.3 is 14.4 Å². The molecule has 2 heterocycles. The lowest BCUT2D eigenvalue weighted by Gasteiger charge is -2.17. The molecule has 1 unspecified atom stereocenters. The van der Waals surface area contributed by atoms with Crippen LogP contribution in [0.5, 0.6) is 5.75 Å². The van der Waals surface area contributed by atoms with E-state index >= 15 is 0 Å². The molecule has 1 aromatic heterocycles. The third-order valence-corrected chi connectivity index (χ3v) is 2.95. The molecular formula is C13H18N2O3. The van der Waals surface area contributed by atoms with Crippen molar-refractivity contribution in [3.05, 3.63) is 24.5 Å². The highest BCUT2D eigenvalue weighted by atomic mass is 16.5. The molecule has 5 heteroatoms. The molecule has 98 valence electrons. The third kappa shape index (κ3) is 3.43. The third-order valence-electron chi connectivity index (χ3n) is 2.95. The van der Waals surface area contributed by atoms with Gasteiger partial charge in [-0.15, -0.1) is 0 Å². The average Bonchev–Trinajstić information content (AvgIpc) is 2.86. The number of nitrogens with zero attached hydrogens (tertiary/aromatic N) is 2. The van der Waals surface area contributed by atoms with Crippen molar-refractivity contribution in [3.8, 4) is 5.75 Å². The van der Waals surface area contributed by atoms with Gasteiger partial charge in [-0.1, -0.05) is 0 Å². The quantitative estimate of drug-likeness (QED) is 0.785. The summed E-state index contributed by atoms with van der Waals surface area (Å²) in [6, 6.07) is 3.72. The zero-order valence-electron chi connectivity index (χ0n) is 10.5. The number of likely N-dealkylation sites (tertiary alicyclic amines) is 1. The Balaban J connectivity index is 1.80. The minimum atomic E-state index is 0.0701. The van der Waals surface area contributed by atoms with Gasteiger partial charge in [0.25, 0.3) is 0 Å². The molecule has 0 radical (unpaired) electrons. The van der Waals surface area contributed by atoms with Crippen LogP contribution in [-0.4, -0.2) is 48.7 Å². The number of methoxy groups -OCH3 is 1. The fourth-order valence-corrected chi connectivity index (χ4v) is 2.01. The highest BCUT2D eigenvalue weighted by molar-refractivity contribution is 5.76. The Hall–Kier alpha value is -1.62. The number of carbonyl (C=O) groups excluding carboxylic acids is 1. The summed E-state index contributed by atoms with van der Waals surface area (Å²) < 4.78 is 10.7. The number of hydrogen-bond acceptors (Lipinski definition) is 4. The maximum atomic E-state index is 11.8. The van der Waals surface area contributed by atoms with Crippen LogP contribution in [0.3, 0.4) is 0 Å². The van der Waals surface area contributed by atoms with Crippen LogP contribution in [0.4, 0.5) is 0 Å². The molecule has 0 aromatic carbocycles. The second-order valence-corrected chi connectivity index (χ2v) is 4.30. The van der Waals surface area contributed by atoms with Crippen molar-refractivity contribution >= 4 is 5.91 Å². The van der Waals surface area contributed by atoms with Gasteiger partial charge in [-0.3, -0.25) is 9.78 Å². The van der Waals surface area contributed by atoms with E-state index in [4.69, 9.17) is 9.47 Å². The van der Waals surface area contributed by atoms with Crippen molar-refractivity contribution in [1.29, 1.82) is 0 Å². The van der Waals surface area contributed by atoms with Gasteiger partial charge in [0, 0.05) is 26.3 Å². The van der Waals surface area contributed by atoms with Crippen LogP contribution in [0.1, 0.15) is 12.8 Å². The van der Waals surface area contributed by atoms with Crippen molar-refractivity contribution in [3.63, 3.8) is 0 Å². The number of pyridine rings is 1. The van der Waals surface area contributed by atoms with Crippen molar-refractivity contribution in [2.24, 2.45) is 0 Å². The predicted octanol–water partition coefficient (Wildman–Crippen LogP) is 1.10. The minimum absolute atomic E-state index is 0.0701. The Morgan fingerprint density at radius 1 is 1.61 bits per heavy atom. The van der Waals surface area contributed by atoms with E-state index in [1.165, 1.54) is 0 Å². The van der Waals surface area contributed by atoms with Crippen LogP contribution >= 0.6 is 0 Å². The summed E-state index contributed by atoms with van der Waals surface area (Å²) in [6.45, 7) is 1.88. The standard InChI is InChI=1S/C13H18N2O3/c1-17-8-5-13(16)15-7-4-12(10-15)18-11-3-2-6-14-9-11/h2-3,6,9,12H,4-5,7-8,10H2,1H3. The largest absolute Gasteiger partial charge is 0.487 e.